The van der Waals surface area contributed by atoms with Crippen LogP contribution in [0.5, 0.6) is 11.5 Å². The number of fused-ring (bicyclic) bond motifs is 1. The summed E-state index contributed by atoms with van der Waals surface area (Å²) in [5, 5.41) is 0.260. The van der Waals surface area contributed by atoms with Crippen LogP contribution in [0.25, 0.3) is 0 Å². The van der Waals surface area contributed by atoms with Crippen molar-refractivity contribution in [3.8, 4) is 11.5 Å². The van der Waals surface area contributed by atoms with Crippen LogP contribution in [0, 0.1) is 0 Å². The number of amides is 1. The number of carbonyl (C=O) groups excluding carboxylic acids is 1. The van der Waals surface area contributed by atoms with Crippen molar-refractivity contribution >= 4 is 17.5 Å². The van der Waals surface area contributed by atoms with Gasteiger partial charge in [0, 0.05) is 38.9 Å². The highest BCUT2D eigenvalue weighted by molar-refractivity contribution is 6.32. The SMILES string of the molecule is O=C(c1cccnc1Cl)N1CCN(Cc2ccc3c(c2)OCCO3)CC1. The van der Waals surface area contributed by atoms with Gasteiger partial charge in [0.15, 0.2) is 11.5 Å². The van der Waals surface area contributed by atoms with E-state index in [4.69, 9.17) is 21.1 Å². The molecule has 0 N–H and O–H groups in total. The lowest BCUT2D eigenvalue weighted by Crippen LogP contribution is -2.48. The van der Waals surface area contributed by atoms with E-state index in [0.29, 0.717) is 31.9 Å². The van der Waals surface area contributed by atoms with Gasteiger partial charge in [0.2, 0.25) is 0 Å². The maximum atomic E-state index is 12.6. The summed E-state index contributed by atoms with van der Waals surface area (Å²) >= 11 is 6.04. The van der Waals surface area contributed by atoms with Crippen molar-refractivity contribution in [2.24, 2.45) is 0 Å². The van der Waals surface area contributed by atoms with E-state index < -0.39 is 0 Å². The number of hydrogen-bond acceptors (Lipinski definition) is 5. The van der Waals surface area contributed by atoms with Gasteiger partial charge < -0.3 is 14.4 Å². The van der Waals surface area contributed by atoms with E-state index in [0.717, 1.165) is 31.1 Å². The third-order valence-corrected chi connectivity index (χ3v) is 4.96. The van der Waals surface area contributed by atoms with Gasteiger partial charge in [-0.25, -0.2) is 4.98 Å². The summed E-state index contributed by atoms with van der Waals surface area (Å²) in [6.07, 6.45) is 1.59. The van der Waals surface area contributed by atoms with Gasteiger partial charge in [0.1, 0.15) is 18.4 Å². The number of ether oxygens (including phenoxy) is 2. The van der Waals surface area contributed by atoms with E-state index in [1.807, 2.05) is 17.0 Å². The standard InChI is InChI=1S/C19H20ClN3O3/c20-18-15(2-1-5-21-18)19(24)23-8-6-22(7-9-23)13-14-3-4-16-17(12-14)26-11-10-25-16/h1-5,12H,6-11,13H2. The predicted octanol–water partition coefficient (Wildman–Crippen LogP) is 2.46. The lowest BCUT2D eigenvalue weighted by molar-refractivity contribution is 0.0628. The highest BCUT2D eigenvalue weighted by Gasteiger charge is 2.24. The molecule has 0 saturated carbocycles. The minimum Gasteiger partial charge on any atom is -0.486 e. The summed E-state index contributed by atoms with van der Waals surface area (Å²) < 4.78 is 11.2. The first-order chi connectivity index (χ1) is 12.7. The van der Waals surface area contributed by atoms with E-state index in [1.54, 1.807) is 18.3 Å². The molecule has 2 aliphatic heterocycles. The van der Waals surface area contributed by atoms with Gasteiger partial charge in [-0.1, -0.05) is 17.7 Å². The highest BCUT2D eigenvalue weighted by atomic mass is 35.5. The van der Waals surface area contributed by atoms with Gasteiger partial charge in [-0.2, -0.15) is 0 Å². The molecule has 2 aromatic rings. The van der Waals surface area contributed by atoms with E-state index >= 15 is 0 Å². The fourth-order valence-electron chi connectivity index (χ4n) is 3.27. The first kappa shape index (κ1) is 17.1. The van der Waals surface area contributed by atoms with Gasteiger partial charge in [-0.05, 0) is 29.8 Å². The Morgan fingerprint density at radius 2 is 1.85 bits per heavy atom. The molecule has 7 heteroatoms. The molecule has 3 heterocycles. The molecule has 1 amide bonds. The van der Waals surface area contributed by atoms with Crippen LogP contribution < -0.4 is 9.47 Å². The maximum Gasteiger partial charge on any atom is 0.257 e. The average molecular weight is 374 g/mol. The fraction of sp³-hybridized carbons (Fsp3) is 0.368. The zero-order valence-corrected chi connectivity index (χ0v) is 15.1. The zero-order valence-electron chi connectivity index (χ0n) is 14.4. The molecule has 0 spiro atoms. The molecule has 0 atom stereocenters. The third kappa shape index (κ3) is 3.61. The van der Waals surface area contributed by atoms with Crippen molar-refractivity contribution < 1.29 is 14.3 Å². The van der Waals surface area contributed by atoms with E-state index in [2.05, 4.69) is 16.0 Å². The quantitative estimate of drug-likeness (QED) is 0.774. The second-order valence-electron chi connectivity index (χ2n) is 6.39. The summed E-state index contributed by atoms with van der Waals surface area (Å²) in [7, 11) is 0. The summed E-state index contributed by atoms with van der Waals surface area (Å²) in [5.41, 5.74) is 1.65. The van der Waals surface area contributed by atoms with Crippen molar-refractivity contribution in [1.29, 1.82) is 0 Å². The molecular weight excluding hydrogens is 354 g/mol. The van der Waals surface area contributed by atoms with Crippen LogP contribution in [0.3, 0.4) is 0 Å². The number of aromatic nitrogens is 1. The zero-order chi connectivity index (χ0) is 17.9. The fourth-order valence-corrected chi connectivity index (χ4v) is 3.47. The average Bonchev–Trinajstić information content (AvgIpc) is 2.68. The molecule has 136 valence electrons. The number of halogens is 1. The monoisotopic (exact) mass is 373 g/mol. The summed E-state index contributed by atoms with van der Waals surface area (Å²) in [6, 6.07) is 9.53. The Labute approximate surface area is 157 Å². The largest absolute Gasteiger partial charge is 0.486 e. The normalized spacial score (nSPS) is 17.2. The number of rotatable bonds is 3. The molecular formula is C19H20ClN3O3. The molecule has 1 fully saturated rings. The van der Waals surface area contributed by atoms with E-state index in [1.165, 1.54) is 5.56 Å². The summed E-state index contributed by atoms with van der Waals surface area (Å²) in [5.74, 6) is 1.57. The molecule has 4 rings (SSSR count). The molecule has 26 heavy (non-hydrogen) atoms. The smallest absolute Gasteiger partial charge is 0.257 e. The number of carbonyl (C=O) groups is 1. The Bertz CT molecular complexity index is 806. The van der Waals surface area contributed by atoms with Crippen molar-refractivity contribution in [2.75, 3.05) is 39.4 Å². The molecule has 0 aliphatic carbocycles. The van der Waals surface area contributed by atoms with Gasteiger partial charge in [0.05, 0.1) is 5.56 Å². The van der Waals surface area contributed by atoms with Crippen LogP contribution in [0.4, 0.5) is 0 Å². The van der Waals surface area contributed by atoms with Gasteiger partial charge >= 0.3 is 0 Å². The van der Waals surface area contributed by atoms with E-state index in [-0.39, 0.29) is 11.1 Å². The Hall–Kier alpha value is -2.31. The maximum absolute atomic E-state index is 12.6. The molecule has 2 aliphatic rings. The number of hydrogen-bond donors (Lipinski definition) is 0. The number of piperazine rings is 1. The van der Waals surface area contributed by atoms with Crippen LogP contribution in [0.1, 0.15) is 15.9 Å². The van der Waals surface area contributed by atoms with Crippen LogP contribution in [0.15, 0.2) is 36.5 Å². The molecule has 1 aromatic heterocycles. The highest BCUT2D eigenvalue weighted by Crippen LogP contribution is 2.31. The van der Waals surface area contributed by atoms with Crippen LogP contribution in [-0.4, -0.2) is 60.1 Å². The Morgan fingerprint density at radius 1 is 1.08 bits per heavy atom. The molecule has 0 unspecified atom stereocenters. The molecule has 1 aromatic carbocycles. The molecule has 0 radical (unpaired) electrons. The Kier molecular flexibility index (Phi) is 4.95. The van der Waals surface area contributed by atoms with Crippen molar-refractivity contribution in [2.45, 2.75) is 6.54 Å². The van der Waals surface area contributed by atoms with Crippen molar-refractivity contribution in [1.82, 2.24) is 14.8 Å². The number of pyridine rings is 1. The van der Waals surface area contributed by atoms with Gasteiger partial charge in [0.25, 0.3) is 5.91 Å². The third-order valence-electron chi connectivity index (χ3n) is 4.66. The van der Waals surface area contributed by atoms with Crippen molar-refractivity contribution in [3.05, 3.63) is 52.8 Å². The van der Waals surface area contributed by atoms with Crippen LogP contribution >= 0.6 is 11.6 Å². The molecule has 1 saturated heterocycles. The molecule has 0 bridgehead atoms. The van der Waals surface area contributed by atoms with Crippen LogP contribution in [0.2, 0.25) is 5.15 Å². The topological polar surface area (TPSA) is 54.9 Å². The van der Waals surface area contributed by atoms with Crippen LogP contribution in [-0.2, 0) is 6.54 Å². The summed E-state index contributed by atoms with van der Waals surface area (Å²) in [4.78, 5) is 20.8. The summed E-state index contributed by atoms with van der Waals surface area (Å²) in [6.45, 7) is 5.00. The minimum atomic E-state index is -0.0536. The number of benzene rings is 1. The lowest BCUT2D eigenvalue weighted by Gasteiger charge is -2.35. The first-order valence-corrected chi connectivity index (χ1v) is 9.09. The number of nitrogens with zero attached hydrogens (tertiary/aromatic N) is 3. The predicted molar refractivity (Wildman–Crippen MR) is 97.9 cm³/mol. The van der Waals surface area contributed by atoms with Gasteiger partial charge in [-0.15, -0.1) is 0 Å². The Morgan fingerprint density at radius 3 is 2.62 bits per heavy atom. The Balaban J connectivity index is 1.35. The van der Waals surface area contributed by atoms with E-state index in [9.17, 15) is 4.79 Å². The molecule has 6 nitrogen and oxygen atoms in total. The second kappa shape index (κ2) is 7.51. The van der Waals surface area contributed by atoms with Gasteiger partial charge in [-0.3, -0.25) is 9.69 Å². The second-order valence-corrected chi connectivity index (χ2v) is 6.75. The minimum absolute atomic E-state index is 0.0536. The lowest BCUT2D eigenvalue weighted by atomic mass is 10.1. The first-order valence-electron chi connectivity index (χ1n) is 8.71. The van der Waals surface area contributed by atoms with Crippen molar-refractivity contribution in [3.63, 3.8) is 0 Å².